The first-order valence-corrected chi connectivity index (χ1v) is 6.81. The zero-order valence-corrected chi connectivity index (χ0v) is 11.5. The van der Waals surface area contributed by atoms with Gasteiger partial charge in [0.1, 0.15) is 0 Å². The number of methoxy groups -OCH3 is 1. The summed E-state index contributed by atoms with van der Waals surface area (Å²) >= 11 is 0. The van der Waals surface area contributed by atoms with Crippen LogP contribution in [-0.2, 0) is 11.3 Å². The highest BCUT2D eigenvalue weighted by Gasteiger charge is 2.15. The van der Waals surface area contributed by atoms with Gasteiger partial charge in [-0.25, -0.2) is 0 Å². The predicted molar refractivity (Wildman–Crippen MR) is 75.9 cm³/mol. The van der Waals surface area contributed by atoms with Gasteiger partial charge in [0.2, 0.25) is 0 Å². The van der Waals surface area contributed by atoms with Crippen LogP contribution in [0.25, 0.3) is 0 Å². The summed E-state index contributed by atoms with van der Waals surface area (Å²) in [7, 11) is 3.96. The quantitative estimate of drug-likeness (QED) is 0.886. The summed E-state index contributed by atoms with van der Waals surface area (Å²) in [5.74, 6) is 0. The lowest BCUT2D eigenvalue weighted by molar-refractivity contribution is 0.185. The minimum absolute atomic E-state index is 0.591. The van der Waals surface area contributed by atoms with Crippen molar-refractivity contribution in [2.75, 3.05) is 32.6 Å². The van der Waals surface area contributed by atoms with Crippen molar-refractivity contribution in [3.05, 3.63) is 29.8 Å². The van der Waals surface area contributed by atoms with Gasteiger partial charge in [0, 0.05) is 24.4 Å². The van der Waals surface area contributed by atoms with Crippen LogP contribution in [-0.4, -0.2) is 38.2 Å². The van der Waals surface area contributed by atoms with Gasteiger partial charge >= 0.3 is 0 Å². The van der Waals surface area contributed by atoms with E-state index in [1.54, 1.807) is 7.11 Å². The van der Waals surface area contributed by atoms with Crippen molar-refractivity contribution in [3.8, 4) is 0 Å². The molecular formula is C15H24N2O. The smallest absolute Gasteiger partial charge is 0.0733 e. The largest absolute Gasteiger partial charge is 0.382 e. The van der Waals surface area contributed by atoms with Crippen molar-refractivity contribution in [2.45, 2.75) is 31.9 Å². The molecule has 1 fully saturated rings. The van der Waals surface area contributed by atoms with E-state index in [9.17, 15) is 0 Å². The number of hydrogen-bond donors (Lipinski definition) is 1. The fraction of sp³-hybridized carbons (Fsp3) is 0.600. The number of nitrogens with one attached hydrogen (secondary N) is 1. The number of nitrogens with zero attached hydrogens (tertiary/aromatic N) is 1. The lowest BCUT2D eigenvalue weighted by Crippen LogP contribution is -2.23. The van der Waals surface area contributed by atoms with Crippen LogP contribution in [0.5, 0.6) is 0 Å². The zero-order chi connectivity index (χ0) is 12.8. The number of ether oxygens (including phenoxy) is 1. The van der Waals surface area contributed by atoms with Crippen LogP contribution in [0, 0.1) is 0 Å². The third-order valence-electron chi connectivity index (χ3n) is 3.63. The van der Waals surface area contributed by atoms with E-state index in [0.29, 0.717) is 12.6 Å². The Kier molecular flexibility index (Phi) is 5.02. The standard InChI is InChI=1S/C15H24N2O/c1-17-10-5-7-14(9-11-17)16-15-8-4-3-6-13(15)12-18-2/h3-4,6,8,14,16H,5,7,9-12H2,1-2H3. The first-order chi connectivity index (χ1) is 8.79. The third kappa shape index (κ3) is 3.72. The van der Waals surface area contributed by atoms with E-state index in [-0.39, 0.29) is 0 Å². The fourth-order valence-electron chi connectivity index (χ4n) is 2.55. The van der Waals surface area contributed by atoms with E-state index in [0.717, 1.165) is 0 Å². The molecule has 0 bridgehead atoms. The summed E-state index contributed by atoms with van der Waals surface area (Å²) in [6.07, 6.45) is 3.75. The molecule has 0 spiro atoms. The van der Waals surface area contributed by atoms with Crippen molar-refractivity contribution in [3.63, 3.8) is 0 Å². The van der Waals surface area contributed by atoms with E-state index >= 15 is 0 Å². The Morgan fingerprint density at radius 2 is 2.11 bits per heavy atom. The normalized spacial score (nSPS) is 21.6. The maximum atomic E-state index is 5.25. The molecule has 1 aliphatic rings. The van der Waals surface area contributed by atoms with Crippen molar-refractivity contribution in [1.82, 2.24) is 4.90 Å². The monoisotopic (exact) mass is 248 g/mol. The SMILES string of the molecule is COCc1ccccc1NC1CCCN(C)CC1. The van der Waals surface area contributed by atoms with Crippen molar-refractivity contribution >= 4 is 5.69 Å². The van der Waals surface area contributed by atoms with Crippen LogP contribution in [0.15, 0.2) is 24.3 Å². The highest BCUT2D eigenvalue weighted by atomic mass is 16.5. The molecule has 3 nitrogen and oxygen atoms in total. The minimum Gasteiger partial charge on any atom is -0.382 e. The third-order valence-corrected chi connectivity index (χ3v) is 3.63. The van der Waals surface area contributed by atoms with E-state index in [4.69, 9.17) is 4.74 Å². The first kappa shape index (κ1) is 13.4. The molecule has 3 heteroatoms. The molecule has 1 aromatic carbocycles. The van der Waals surface area contributed by atoms with Crippen LogP contribution in [0.1, 0.15) is 24.8 Å². The molecule has 1 N–H and O–H groups in total. The second kappa shape index (κ2) is 6.76. The van der Waals surface area contributed by atoms with Crippen LogP contribution in [0.4, 0.5) is 5.69 Å². The molecule has 0 amide bonds. The molecule has 0 aromatic heterocycles. The van der Waals surface area contributed by atoms with Gasteiger partial charge in [-0.05, 0) is 45.5 Å². The zero-order valence-electron chi connectivity index (χ0n) is 11.5. The van der Waals surface area contributed by atoms with Crippen LogP contribution < -0.4 is 5.32 Å². The van der Waals surface area contributed by atoms with Gasteiger partial charge in [-0.2, -0.15) is 0 Å². The van der Waals surface area contributed by atoms with Gasteiger partial charge in [0.05, 0.1) is 6.61 Å². The average molecular weight is 248 g/mol. The highest BCUT2D eigenvalue weighted by molar-refractivity contribution is 5.51. The topological polar surface area (TPSA) is 24.5 Å². The van der Waals surface area contributed by atoms with E-state index in [1.165, 1.54) is 43.6 Å². The predicted octanol–water partition coefficient (Wildman–Crippen LogP) is 2.73. The molecule has 1 aromatic rings. The summed E-state index contributed by atoms with van der Waals surface area (Å²) in [4.78, 5) is 2.42. The summed E-state index contributed by atoms with van der Waals surface area (Å²) < 4.78 is 5.25. The maximum absolute atomic E-state index is 5.25. The minimum atomic E-state index is 0.591. The van der Waals surface area contributed by atoms with E-state index in [2.05, 4.69) is 41.5 Å². The number of para-hydroxylation sites is 1. The number of benzene rings is 1. The first-order valence-electron chi connectivity index (χ1n) is 6.81. The lowest BCUT2D eigenvalue weighted by Gasteiger charge is -2.20. The van der Waals surface area contributed by atoms with Gasteiger partial charge in [-0.3, -0.25) is 0 Å². The molecule has 1 heterocycles. The van der Waals surface area contributed by atoms with Gasteiger partial charge in [0.15, 0.2) is 0 Å². The summed E-state index contributed by atoms with van der Waals surface area (Å²) in [6, 6.07) is 9.04. The Balaban J connectivity index is 1.99. The molecule has 1 saturated heterocycles. The maximum Gasteiger partial charge on any atom is 0.0733 e. The summed E-state index contributed by atoms with van der Waals surface area (Å²) in [5.41, 5.74) is 2.48. The molecular weight excluding hydrogens is 224 g/mol. The number of anilines is 1. The Morgan fingerprint density at radius 3 is 2.94 bits per heavy atom. The number of hydrogen-bond acceptors (Lipinski definition) is 3. The molecule has 1 atom stereocenters. The van der Waals surface area contributed by atoms with Gasteiger partial charge in [-0.1, -0.05) is 18.2 Å². The average Bonchev–Trinajstić information content (AvgIpc) is 2.57. The van der Waals surface area contributed by atoms with Gasteiger partial charge in [-0.15, -0.1) is 0 Å². The molecule has 1 unspecified atom stereocenters. The number of likely N-dealkylation sites (tertiary alicyclic amines) is 1. The van der Waals surface area contributed by atoms with Crippen LogP contribution in [0.2, 0.25) is 0 Å². The van der Waals surface area contributed by atoms with E-state index < -0.39 is 0 Å². The second-order valence-corrected chi connectivity index (χ2v) is 5.17. The fourth-order valence-corrected chi connectivity index (χ4v) is 2.55. The summed E-state index contributed by atoms with van der Waals surface area (Å²) in [6.45, 7) is 3.08. The second-order valence-electron chi connectivity index (χ2n) is 5.17. The van der Waals surface area contributed by atoms with Gasteiger partial charge in [0.25, 0.3) is 0 Å². The Morgan fingerprint density at radius 1 is 1.28 bits per heavy atom. The van der Waals surface area contributed by atoms with Crippen LogP contribution in [0.3, 0.4) is 0 Å². The molecule has 18 heavy (non-hydrogen) atoms. The summed E-state index contributed by atoms with van der Waals surface area (Å²) in [5, 5.41) is 3.69. The molecule has 0 saturated carbocycles. The van der Waals surface area contributed by atoms with Crippen molar-refractivity contribution in [1.29, 1.82) is 0 Å². The van der Waals surface area contributed by atoms with E-state index in [1.807, 2.05) is 0 Å². The Labute approximate surface area is 110 Å². The molecule has 0 aliphatic carbocycles. The molecule has 100 valence electrons. The van der Waals surface area contributed by atoms with Crippen molar-refractivity contribution < 1.29 is 4.74 Å². The van der Waals surface area contributed by atoms with Gasteiger partial charge < -0.3 is 15.0 Å². The Bertz CT molecular complexity index is 367. The molecule has 2 rings (SSSR count). The molecule has 0 radical (unpaired) electrons. The molecule has 1 aliphatic heterocycles. The lowest BCUT2D eigenvalue weighted by atomic mass is 10.1. The highest BCUT2D eigenvalue weighted by Crippen LogP contribution is 2.20. The Hall–Kier alpha value is -1.06. The van der Waals surface area contributed by atoms with Crippen LogP contribution >= 0.6 is 0 Å². The number of rotatable bonds is 4. The van der Waals surface area contributed by atoms with Crippen molar-refractivity contribution in [2.24, 2.45) is 0 Å².